The van der Waals surface area contributed by atoms with E-state index in [0.29, 0.717) is 30.7 Å². The van der Waals surface area contributed by atoms with Crippen LogP contribution < -0.4 is 0 Å². The van der Waals surface area contributed by atoms with Crippen LogP contribution in [0.3, 0.4) is 0 Å². The standard InChI is InChI=1S/C30H60NO6PS/c1-6-8-10-11-12-13-14-15-16-17-18-19-20-22-25-35-27-29(39-30(32)23-21-9-7-2)28-37-38(33,34)36-26-24-31(3,4)5/h7,29H,2,6,8-28H2,1,3-5H3/p+1/t29-/m1/s1. The summed E-state index contributed by atoms with van der Waals surface area (Å²) in [7, 11) is 1.75. The first-order valence-corrected chi connectivity index (χ1v) is 17.8. The number of phosphoric acid groups is 1. The average molecular weight is 595 g/mol. The van der Waals surface area contributed by atoms with Gasteiger partial charge in [-0.3, -0.25) is 13.8 Å². The van der Waals surface area contributed by atoms with Gasteiger partial charge in [-0.2, -0.15) is 0 Å². The molecule has 9 heteroatoms. The number of quaternary nitrogens is 1. The van der Waals surface area contributed by atoms with Crippen molar-refractivity contribution in [2.24, 2.45) is 0 Å². The molecule has 0 aromatic carbocycles. The molecule has 0 saturated carbocycles. The molecular weight excluding hydrogens is 533 g/mol. The van der Waals surface area contributed by atoms with Gasteiger partial charge in [0.05, 0.1) is 39.6 Å². The van der Waals surface area contributed by atoms with Gasteiger partial charge in [0.2, 0.25) is 0 Å². The van der Waals surface area contributed by atoms with Crippen LogP contribution in [0, 0.1) is 0 Å². The van der Waals surface area contributed by atoms with Crippen LogP contribution >= 0.6 is 19.6 Å². The van der Waals surface area contributed by atoms with Gasteiger partial charge in [-0.05, 0) is 19.3 Å². The molecule has 0 amide bonds. The number of phosphoric ester groups is 1. The molecule has 0 spiro atoms. The quantitative estimate of drug-likeness (QED) is 0.0404. The van der Waals surface area contributed by atoms with E-state index in [9.17, 15) is 14.3 Å². The number of rotatable bonds is 29. The monoisotopic (exact) mass is 594 g/mol. The smallest absolute Gasteiger partial charge is 0.380 e. The van der Waals surface area contributed by atoms with E-state index in [0.717, 1.165) is 37.4 Å². The molecule has 2 atom stereocenters. The summed E-state index contributed by atoms with van der Waals surface area (Å²) in [4.78, 5) is 22.4. The molecule has 0 aliphatic rings. The molecule has 1 N–H and O–H groups in total. The fourth-order valence-electron chi connectivity index (χ4n) is 4.01. The van der Waals surface area contributed by atoms with Crippen molar-refractivity contribution in [1.82, 2.24) is 0 Å². The molecule has 7 nitrogen and oxygen atoms in total. The normalized spacial score (nSPS) is 14.3. The molecule has 0 heterocycles. The molecule has 232 valence electrons. The second-order valence-corrected chi connectivity index (χ2v) is 14.4. The Morgan fingerprint density at radius 1 is 0.846 bits per heavy atom. The number of hydrogen-bond acceptors (Lipinski definition) is 6. The highest BCUT2D eigenvalue weighted by atomic mass is 32.2. The minimum absolute atomic E-state index is 0.0317. The molecule has 0 aliphatic carbocycles. The minimum atomic E-state index is -4.18. The van der Waals surface area contributed by atoms with Crippen molar-refractivity contribution in [3.05, 3.63) is 12.7 Å². The van der Waals surface area contributed by atoms with Gasteiger partial charge in [0.1, 0.15) is 13.2 Å². The van der Waals surface area contributed by atoms with E-state index >= 15 is 0 Å². The van der Waals surface area contributed by atoms with Crippen molar-refractivity contribution in [2.75, 3.05) is 54.1 Å². The summed E-state index contributed by atoms with van der Waals surface area (Å²) in [5, 5.41) is -0.320. The number of unbranched alkanes of at least 4 members (excludes halogenated alkanes) is 14. The van der Waals surface area contributed by atoms with Crippen LogP contribution in [0.5, 0.6) is 0 Å². The maximum atomic E-state index is 12.4. The Morgan fingerprint density at radius 3 is 1.90 bits per heavy atom. The second kappa shape index (κ2) is 25.5. The lowest BCUT2D eigenvalue weighted by Gasteiger charge is -2.24. The Kier molecular flexibility index (Phi) is 25.4. The molecule has 0 aromatic heterocycles. The highest BCUT2D eigenvalue weighted by Gasteiger charge is 2.26. The van der Waals surface area contributed by atoms with Gasteiger partial charge in [0, 0.05) is 13.0 Å². The number of carbonyl (C=O) groups is 1. The van der Waals surface area contributed by atoms with Crippen LogP contribution in [0.25, 0.3) is 0 Å². The Morgan fingerprint density at radius 2 is 1.38 bits per heavy atom. The number of allylic oxidation sites excluding steroid dienone is 1. The largest absolute Gasteiger partial charge is 0.472 e. The van der Waals surface area contributed by atoms with Gasteiger partial charge in [0.15, 0.2) is 5.12 Å². The lowest BCUT2D eigenvalue weighted by molar-refractivity contribution is -0.870. The van der Waals surface area contributed by atoms with Crippen molar-refractivity contribution in [2.45, 2.75) is 121 Å². The minimum Gasteiger partial charge on any atom is -0.380 e. The fourth-order valence-corrected chi connectivity index (χ4v) is 5.80. The van der Waals surface area contributed by atoms with Crippen molar-refractivity contribution in [3.8, 4) is 0 Å². The molecule has 39 heavy (non-hydrogen) atoms. The summed E-state index contributed by atoms with van der Waals surface area (Å²) >= 11 is 1.14. The summed E-state index contributed by atoms with van der Waals surface area (Å²) < 4.78 is 29.1. The summed E-state index contributed by atoms with van der Waals surface area (Å²) in [6, 6.07) is 0. The van der Waals surface area contributed by atoms with E-state index in [1.807, 2.05) is 21.1 Å². The first kappa shape index (κ1) is 38.8. The lowest BCUT2D eigenvalue weighted by atomic mass is 10.0. The van der Waals surface area contributed by atoms with E-state index in [4.69, 9.17) is 13.8 Å². The zero-order chi connectivity index (χ0) is 29.2. The number of hydrogen-bond donors (Lipinski definition) is 1. The summed E-state index contributed by atoms with van der Waals surface area (Å²) in [6.07, 6.45) is 22.1. The maximum absolute atomic E-state index is 12.4. The highest BCUT2D eigenvalue weighted by molar-refractivity contribution is 8.14. The van der Waals surface area contributed by atoms with Crippen LogP contribution in [0.1, 0.15) is 116 Å². The Hall–Kier alpha value is -0.210. The number of carbonyl (C=O) groups excluding carboxylic acids is 1. The lowest BCUT2D eigenvalue weighted by Crippen LogP contribution is -2.37. The molecule has 0 aliphatic heterocycles. The average Bonchev–Trinajstić information content (AvgIpc) is 2.86. The van der Waals surface area contributed by atoms with Crippen molar-refractivity contribution in [1.29, 1.82) is 0 Å². The third-order valence-corrected chi connectivity index (χ3v) is 8.53. The van der Waals surface area contributed by atoms with Crippen molar-refractivity contribution >= 4 is 24.7 Å². The fraction of sp³-hybridized carbons (Fsp3) is 0.900. The molecule has 1 unspecified atom stereocenters. The molecule has 0 rings (SSSR count). The van der Waals surface area contributed by atoms with Crippen molar-refractivity contribution < 1.29 is 32.5 Å². The van der Waals surface area contributed by atoms with Crippen LogP contribution in [0.2, 0.25) is 0 Å². The predicted octanol–water partition coefficient (Wildman–Crippen LogP) is 8.31. The highest BCUT2D eigenvalue weighted by Crippen LogP contribution is 2.43. The van der Waals surface area contributed by atoms with E-state index in [1.54, 1.807) is 6.08 Å². The van der Waals surface area contributed by atoms with Gasteiger partial charge < -0.3 is 14.1 Å². The van der Waals surface area contributed by atoms with Gasteiger partial charge >= 0.3 is 7.82 Å². The first-order chi connectivity index (χ1) is 18.6. The molecule has 0 saturated heterocycles. The first-order valence-electron chi connectivity index (χ1n) is 15.4. The van der Waals surface area contributed by atoms with Gasteiger partial charge in [-0.15, -0.1) is 6.58 Å². The number of ether oxygens (including phenoxy) is 1. The van der Waals surface area contributed by atoms with Crippen LogP contribution in [0.15, 0.2) is 12.7 Å². The van der Waals surface area contributed by atoms with Crippen LogP contribution in [-0.4, -0.2) is 73.9 Å². The van der Waals surface area contributed by atoms with Gasteiger partial charge in [-0.1, -0.05) is 108 Å². The maximum Gasteiger partial charge on any atom is 0.472 e. The van der Waals surface area contributed by atoms with E-state index in [1.165, 1.54) is 77.0 Å². The molecule has 0 bridgehead atoms. The summed E-state index contributed by atoms with van der Waals surface area (Å²) in [6.45, 7) is 7.50. The zero-order valence-corrected chi connectivity index (χ0v) is 27.4. The molecule has 0 radical (unpaired) electrons. The van der Waals surface area contributed by atoms with E-state index in [2.05, 4.69) is 13.5 Å². The number of thioether (sulfide) groups is 1. The summed E-state index contributed by atoms with van der Waals surface area (Å²) in [5.41, 5.74) is 0. The zero-order valence-electron chi connectivity index (χ0n) is 25.7. The number of nitrogens with zero attached hydrogens (tertiary/aromatic N) is 1. The number of likely N-dealkylation sites (N-methyl/N-ethyl adjacent to an activating group) is 1. The predicted molar refractivity (Wildman–Crippen MR) is 166 cm³/mol. The van der Waals surface area contributed by atoms with E-state index in [-0.39, 0.29) is 23.6 Å². The Labute approximate surface area is 245 Å². The van der Waals surface area contributed by atoms with Gasteiger partial charge in [-0.25, -0.2) is 4.57 Å². The Bertz CT molecular complexity index is 643. The summed E-state index contributed by atoms with van der Waals surface area (Å²) in [5.74, 6) is 0. The van der Waals surface area contributed by atoms with Gasteiger partial charge in [0.25, 0.3) is 0 Å². The molecule has 0 aromatic rings. The van der Waals surface area contributed by atoms with Crippen molar-refractivity contribution in [3.63, 3.8) is 0 Å². The molecule has 0 fully saturated rings. The van der Waals surface area contributed by atoms with E-state index < -0.39 is 7.82 Å². The third-order valence-electron chi connectivity index (χ3n) is 6.47. The van der Waals surface area contributed by atoms with Crippen LogP contribution in [-0.2, 0) is 23.1 Å². The second-order valence-electron chi connectivity index (χ2n) is 11.6. The SMILES string of the molecule is C=CCCCC(=O)S[C@H](COCCCCCCCCCCCCCCCC)COP(=O)(O)OCC[N+](C)(C)C. The third kappa shape index (κ3) is 29.1. The van der Waals surface area contributed by atoms with Crippen LogP contribution in [0.4, 0.5) is 0 Å². The molecular formula is C30H61NO6PS+. The Balaban J connectivity index is 4.10. The topological polar surface area (TPSA) is 82.1 Å².